The number of pyridine rings is 1. The van der Waals surface area contributed by atoms with E-state index >= 15 is 0 Å². The molecule has 0 radical (unpaired) electrons. The normalized spacial score (nSPS) is 28.5. The fraction of sp³-hybridized carbons (Fsp3) is 0.581. The molecule has 1 spiro atoms. The van der Waals surface area contributed by atoms with Gasteiger partial charge >= 0.3 is 0 Å². The smallest absolute Gasteiger partial charge is 0.281 e. The number of carbonyl (C=O) groups is 1. The number of hydrogen-bond acceptors (Lipinski definition) is 8. The largest absolute Gasteiger partial charge is 0.382 e. The standard InChI is InChI=1S/C31H39F2N7O3/c1-4-27(41)37-12-10-36(11-13-37)25-16-39-23(25)7-5-6-22-24(39)14-26(35-28(22)30(32)33)38-9-8-31(19-38)29-20(2)15-34-40(29)21(17-42-3)18-43-31/h4-6,14-15,21,23,25,30H,1,7-13,16-19H2,2-3H3. The predicted octanol–water partition coefficient (Wildman–Crippen LogP) is 3.15. The summed E-state index contributed by atoms with van der Waals surface area (Å²) in [6.45, 7) is 11.5. The first-order chi connectivity index (χ1) is 20.8. The third-order valence-electron chi connectivity index (χ3n) is 9.95. The van der Waals surface area contributed by atoms with Gasteiger partial charge in [0.25, 0.3) is 6.43 Å². The Morgan fingerprint density at radius 3 is 2.81 bits per heavy atom. The van der Waals surface area contributed by atoms with Gasteiger partial charge in [0.2, 0.25) is 5.91 Å². The topological polar surface area (TPSA) is 79.2 Å². The maximum Gasteiger partial charge on any atom is 0.281 e. The molecule has 7 heterocycles. The monoisotopic (exact) mass is 595 g/mol. The van der Waals surface area contributed by atoms with Crippen LogP contribution in [-0.4, -0.2) is 109 Å². The molecule has 5 aliphatic heterocycles. The van der Waals surface area contributed by atoms with Crippen LogP contribution in [0.2, 0.25) is 0 Å². The first kappa shape index (κ1) is 28.4. The minimum atomic E-state index is -2.69. The van der Waals surface area contributed by atoms with Gasteiger partial charge in [-0.3, -0.25) is 14.4 Å². The van der Waals surface area contributed by atoms with Crippen molar-refractivity contribution in [3.05, 3.63) is 53.5 Å². The van der Waals surface area contributed by atoms with Gasteiger partial charge in [-0.1, -0.05) is 18.7 Å². The van der Waals surface area contributed by atoms with E-state index < -0.39 is 12.0 Å². The molecule has 3 fully saturated rings. The Balaban J connectivity index is 1.15. The Labute approximate surface area is 250 Å². The zero-order valence-electron chi connectivity index (χ0n) is 24.8. The van der Waals surface area contributed by atoms with E-state index in [0.717, 1.165) is 49.4 Å². The summed E-state index contributed by atoms with van der Waals surface area (Å²) < 4.78 is 43.1. The lowest BCUT2D eigenvalue weighted by atomic mass is 9.90. The summed E-state index contributed by atoms with van der Waals surface area (Å²) in [5.41, 5.74) is 2.68. The minimum absolute atomic E-state index is 0.00188. The second kappa shape index (κ2) is 11.0. The molecule has 12 heteroatoms. The number of piperazine rings is 1. The predicted molar refractivity (Wildman–Crippen MR) is 158 cm³/mol. The third kappa shape index (κ3) is 4.65. The van der Waals surface area contributed by atoms with Crippen molar-refractivity contribution in [2.24, 2.45) is 0 Å². The second-order valence-corrected chi connectivity index (χ2v) is 12.3. The molecular formula is C31H39F2N7O3. The number of hydrogen-bond donors (Lipinski definition) is 0. The quantitative estimate of drug-likeness (QED) is 0.472. The number of methoxy groups -OCH3 is 1. The molecule has 10 nitrogen and oxygen atoms in total. The van der Waals surface area contributed by atoms with E-state index in [-0.39, 0.29) is 23.7 Å². The summed E-state index contributed by atoms with van der Waals surface area (Å²) >= 11 is 0. The summed E-state index contributed by atoms with van der Waals surface area (Å²) in [7, 11) is 1.68. The fourth-order valence-electron chi connectivity index (χ4n) is 7.75. The van der Waals surface area contributed by atoms with Crippen LogP contribution in [0.25, 0.3) is 6.08 Å². The van der Waals surface area contributed by atoms with Gasteiger partial charge in [0, 0.05) is 76.5 Å². The molecule has 4 unspecified atom stereocenters. The van der Waals surface area contributed by atoms with Crippen LogP contribution in [0, 0.1) is 6.92 Å². The molecule has 5 aliphatic rings. The van der Waals surface area contributed by atoms with E-state index in [1.54, 1.807) is 7.11 Å². The Kier molecular flexibility index (Phi) is 7.26. The maximum absolute atomic E-state index is 14.5. The lowest BCUT2D eigenvalue weighted by molar-refractivity contribution is -0.128. The SMILES string of the molecule is C=CC(=O)N1CCN(C2CN3c4cc(N5CCC6(C5)OCC(COC)n5ncc(C)c56)nc(C(F)F)c4C=CCC23)CC1. The Hall–Kier alpha value is -3.35. The summed E-state index contributed by atoms with van der Waals surface area (Å²) in [4.78, 5) is 25.3. The lowest BCUT2D eigenvalue weighted by Gasteiger charge is -2.55. The Morgan fingerprint density at radius 1 is 1.26 bits per heavy atom. The first-order valence-corrected chi connectivity index (χ1v) is 15.2. The van der Waals surface area contributed by atoms with Crippen molar-refractivity contribution in [1.82, 2.24) is 24.6 Å². The van der Waals surface area contributed by atoms with Crippen molar-refractivity contribution < 1.29 is 23.0 Å². The summed E-state index contributed by atoms with van der Waals surface area (Å²) in [5, 5.41) is 4.65. The highest BCUT2D eigenvalue weighted by Gasteiger charge is 2.49. The number of amides is 1. The van der Waals surface area contributed by atoms with E-state index in [2.05, 4.69) is 31.4 Å². The molecule has 0 aromatic carbocycles. The van der Waals surface area contributed by atoms with Gasteiger partial charge in [0.15, 0.2) is 0 Å². The number of nitrogens with zero attached hydrogens (tertiary/aromatic N) is 7. The molecule has 1 amide bonds. The average molecular weight is 596 g/mol. The highest BCUT2D eigenvalue weighted by Crippen LogP contribution is 2.46. The van der Waals surface area contributed by atoms with Crippen molar-refractivity contribution in [3.8, 4) is 0 Å². The van der Waals surface area contributed by atoms with Crippen LogP contribution < -0.4 is 9.80 Å². The van der Waals surface area contributed by atoms with E-state index in [1.165, 1.54) is 6.08 Å². The Bertz CT molecular complexity index is 1440. The van der Waals surface area contributed by atoms with Gasteiger partial charge < -0.3 is 24.2 Å². The van der Waals surface area contributed by atoms with Crippen molar-refractivity contribution in [2.75, 3.05) is 75.9 Å². The Morgan fingerprint density at radius 2 is 2.07 bits per heavy atom. The molecule has 43 heavy (non-hydrogen) atoms. The minimum Gasteiger partial charge on any atom is -0.382 e. The molecule has 230 valence electrons. The van der Waals surface area contributed by atoms with E-state index in [0.29, 0.717) is 56.8 Å². The molecule has 4 atom stereocenters. The zero-order valence-corrected chi connectivity index (χ0v) is 24.8. The van der Waals surface area contributed by atoms with E-state index in [4.69, 9.17) is 9.47 Å². The van der Waals surface area contributed by atoms with Crippen LogP contribution in [0.5, 0.6) is 0 Å². The highest BCUT2D eigenvalue weighted by atomic mass is 19.3. The lowest BCUT2D eigenvalue weighted by Crippen LogP contribution is -2.69. The molecule has 3 saturated heterocycles. The zero-order chi connectivity index (χ0) is 29.9. The molecule has 7 rings (SSSR count). The number of aromatic nitrogens is 3. The van der Waals surface area contributed by atoms with Crippen LogP contribution >= 0.6 is 0 Å². The molecule has 0 bridgehead atoms. The number of fused-ring (bicyclic) bond motifs is 5. The van der Waals surface area contributed by atoms with Gasteiger partial charge in [0.05, 0.1) is 43.4 Å². The van der Waals surface area contributed by atoms with Crippen LogP contribution in [0.3, 0.4) is 0 Å². The number of ether oxygens (including phenoxy) is 2. The average Bonchev–Trinajstić information content (AvgIpc) is 3.57. The van der Waals surface area contributed by atoms with Crippen LogP contribution in [0.4, 0.5) is 20.3 Å². The van der Waals surface area contributed by atoms with Crippen LogP contribution in [-0.2, 0) is 19.9 Å². The summed E-state index contributed by atoms with van der Waals surface area (Å²) in [6, 6.07) is 2.48. The van der Waals surface area contributed by atoms with Crippen molar-refractivity contribution in [2.45, 2.75) is 49.9 Å². The molecule has 2 aromatic heterocycles. The van der Waals surface area contributed by atoms with Crippen molar-refractivity contribution in [3.63, 3.8) is 0 Å². The fourth-order valence-corrected chi connectivity index (χ4v) is 7.75. The van der Waals surface area contributed by atoms with Gasteiger partial charge in [-0.05, 0) is 25.0 Å². The highest BCUT2D eigenvalue weighted by molar-refractivity contribution is 5.87. The summed E-state index contributed by atoms with van der Waals surface area (Å²) in [6.07, 6.45) is 5.89. The summed E-state index contributed by atoms with van der Waals surface area (Å²) in [5.74, 6) is 0.531. The van der Waals surface area contributed by atoms with Crippen LogP contribution in [0.1, 0.15) is 47.8 Å². The van der Waals surface area contributed by atoms with Gasteiger partial charge in [-0.25, -0.2) is 13.8 Å². The van der Waals surface area contributed by atoms with E-state index in [9.17, 15) is 13.6 Å². The molecule has 0 saturated carbocycles. The van der Waals surface area contributed by atoms with Gasteiger partial charge in [-0.2, -0.15) is 5.10 Å². The van der Waals surface area contributed by atoms with Crippen molar-refractivity contribution in [1.29, 1.82) is 0 Å². The first-order valence-electron chi connectivity index (χ1n) is 15.2. The van der Waals surface area contributed by atoms with Gasteiger partial charge in [-0.15, -0.1) is 0 Å². The van der Waals surface area contributed by atoms with Crippen LogP contribution in [0.15, 0.2) is 31.0 Å². The van der Waals surface area contributed by atoms with E-state index in [1.807, 2.05) is 40.9 Å². The number of alkyl halides is 2. The molecule has 0 aliphatic carbocycles. The second-order valence-electron chi connectivity index (χ2n) is 12.3. The number of aryl methyl sites for hydroxylation is 1. The number of anilines is 2. The maximum atomic E-state index is 14.5. The number of carbonyl (C=O) groups excluding carboxylic acids is 1. The molecular weight excluding hydrogens is 556 g/mol. The number of halogens is 2. The third-order valence-corrected chi connectivity index (χ3v) is 9.95. The molecule has 2 aromatic rings. The van der Waals surface area contributed by atoms with Gasteiger partial charge in [0.1, 0.15) is 17.1 Å². The molecule has 0 N–H and O–H groups in total. The van der Waals surface area contributed by atoms with Crippen molar-refractivity contribution >= 4 is 23.5 Å². The number of rotatable bonds is 6.